The van der Waals surface area contributed by atoms with Crippen molar-refractivity contribution in [2.45, 2.75) is 6.92 Å². The molecule has 0 aliphatic rings. The minimum Gasteiger partial charge on any atom is -0.696 e. The van der Waals surface area contributed by atoms with E-state index in [0.717, 1.165) is 6.92 Å². The molecule has 0 spiro atoms. The van der Waals surface area contributed by atoms with Crippen LogP contribution in [0.25, 0.3) is 0 Å². The SMILES string of the molecule is CC(=O)[O-].N#C[S-].[Na+].[Na+]. The van der Waals surface area contributed by atoms with E-state index in [0.29, 0.717) is 0 Å². The van der Waals surface area contributed by atoms with E-state index in [1.165, 1.54) is 5.40 Å². The Morgan fingerprint density at radius 2 is 1.67 bits per heavy atom. The van der Waals surface area contributed by atoms with Crippen molar-refractivity contribution in [1.29, 1.82) is 5.26 Å². The predicted octanol–water partition coefficient (Wildman–Crippen LogP) is -7.22. The molecule has 0 aromatic heterocycles. The van der Waals surface area contributed by atoms with Gasteiger partial charge in [0.05, 0.1) is 0 Å². The van der Waals surface area contributed by atoms with E-state index in [-0.39, 0.29) is 59.1 Å². The fraction of sp³-hybridized carbons (Fsp3) is 0.333. The zero-order valence-corrected chi connectivity index (χ0v) is 10.5. The molecule has 0 saturated heterocycles. The quantitative estimate of drug-likeness (QED) is 0.202. The van der Waals surface area contributed by atoms with E-state index in [4.69, 9.17) is 15.2 Å². The third-order valence-electron chi connectivity index (χ3n) is 0. The summed E-state index contributed by atoms with van der Waals surface area (Å²) in [7, 11) is 0. The van der Waals surface area contributed by atoms with Crippen molar-refractivity contribution in [1.82, 2.24) is 0 Å². The first-order valence-electron chi connectivity index (χ1n) is 1.34. The average molecular weight is 163 g/mol. The molecule has 0 aromatic rings. The first-order valence-corrected chi connectivity index (χ1v) is 1.74. The predicted molar refractivity (Wildman–Crippen MR) is 23.7 cm³/mol. The Hall–Kier alpha value is 1.18. The molecule has 0 aliphatic heterocycles. The molecule has 0 saturated carbocycles. The second-order valence-electron chi connectivity index (χ2n) is 0.583. The van der Waals surface area contributed by atoms with Gasteiger partial charge in [0.25, 0.3) is 0 Å². The van der Waals surface area contributed by atoms with Gasteiger partial charge in [-0.15, -0.1) is 0 Å². The van der Waals surface area contributed by atoms with Gasteiger partial charge >= 0.3 is 59.1 Å². The van der Waals surface area contributed by atoms with Gasteiger partial charge in [-0.3, -0.25) is 0 Å². The fourth-order valence-corrected chi connectivity index (χ4v) is 0. The van der Waals surface area contributed by atoms with Crippen molar-refractivity contribution in [2.75, 3.05) is 0 Å². The second-order valence-corrected chi connectivity index (χ2v) is 0.765. The van der Waals surface area contributed by atoms with Crippen LogP contribution in [0.2, 0.25) is 0 Å². The number of nitrogens with zero attached hydrogens (tertiary/aromatic N) is 1. The summed E-state index contributed by atoms with van der Waals surface area (Å²) < 4.78 is 0. The van der Waals surface area contributed by atoms with Crippen LogP contribution in [0, 0.1) is 10.7 Å². The molecule has 0 amide bonds. The number of carbonyl (C=O) groups excluding carboxylic acids is 1. The molecule has 0 aliphatic carbocycles. The van der Waals surface area contributed by atoms with Gasteiger partial charge in [0.15, 0.2) is 0 Å². The van der Waals surface area contributed by atoms with Gasteiger partial charge in [0, 0.05) is 5.97 Å². The topological polar surface area (TPSA) is 63.9 Å². The van der Waals surface area contributed by atoms with Crippen molar-refractivity contribution < 1.29 is 69.0 Å². The molecule has 0 N–H and O–H groups in total. The minimum absolute atomic E-state index is 0. The molecular weight excluding hydrogens is 160 g/mol. The van der Waals surface area contributed by atoms with E-state index in [1.54, 1.807) is 0 Å². The largest absolute Gasteiger partial charge is 1.00 e. The number of thiocyanates is 1. The molecular formula is C3H3NNa2O2S. The van der Waals surface area contributed by atoms with E-state index >= 15 is 0 Å². The van der Waals surface area contributed by atoms with Gasteiger partial charge in [-0.1, -0.05) is 5.40 Å². The summed E-state index contributed by atoms with van der Waals surface area (Å²) in [4.78, 5) is 8.89. The summed E-state index contributed by atoms with van der Waals surface area (Å²) in [6, 6.07) is 0. The molecule has 40 valence electrons. The third kappa shape index (κ3) is 340. The molecule has 0 rings (SSSR count). The average Bonchev–Trinajstić information content (AvgIpc) is 1.33. The molecule has 3 nitrogen and oxygen atoms in total. The molecule has 0 radical (unpaired) electrons. The van der Waals surface area contributed by atoms with E-state index < -0.39 is 5.97 Å². The molecule has 6 heteroatoms. The summed E-state index contributed by atoms with van der Waals surface area (Å²) >= 11 is 3.70. The summed E-state index contributed by atoms with van der Waals surface area (Å²) in [5.74, 6) is -1.08. The number of rotatable bonds is 0. The van der Waals surface area contributed by atoms with Crippen LogP contribution in [-0.4, -0.2) is 5.97 Å². The normalized spacial score (nSPS) is 3.56. The van der Waals surface area contributed by atoms with Crippen molar-refractivity contribution in [3.63, 3.8) is 0 Å². The molecule has 9 heavy (non-hydrogen) atoms. The van der Waals surface area contributed by atoms with Crippen molar-refractivity contribution in [3.05, 3.63) is 0 Å². The van der Waals surface area contributed by atoms with Crippen molar-refractivity contribution >= 4 is 18.6 Å². The van der Waals surface area contributed by atoms with Gasteiger partial charge < -0.3 is 22.5 Å². The van der Waals surface area contributed by atoms with E-state index in [9.17, 15) is 0 Å². The Bertz CT molecular complexity index is 88.3. The molecule has 0 aromatic carbocycles. The number of nitriles is 1. The molecule has 0 atom stereocenters. The van der Waals surface area contributed by atoms with Gasteiger partial charge in [-0.25, -0.2) is 5.26 Å². The monoisotopic (exact) mass is 163 g/mol. The number of hydrogen-bond donors (Lipinski definition) is 0. The third-order valence-corrected chi connectivity index (χ3v) is 0. The minimum atomic E-state index is -1.08. The maximum Gasteiger partial charge on any atom is 1.00 e. The summed E-state index contributed by atoms with van der Waals surface area (Å²) in [6.45, 7) is 0.972. The van der Waals surface area contributed by atoms with Gasteiger partial charge in [0.1, 0.15) is 0 Å². The van der Waals surface area contributed by atoms with Crippen molar-refractivity contribution in [2.24, 2.45) is 0 Å². The molecule has 0 fully saturated rings. The van der Waals surface area contributed by atoms with Crippen LogP contribution in [0.5, 0.6) is 0 Å². The van der Waals surface area contributed by atoms with Gasteiger partial charge in [0.2, 0.25) is 0 Å². The maximum absolute atomic E-state index is 8.89. The first-order chi connectivity index (χ1) is 3.15. The Kier molecular flexibility index (Phi) is 57.1. The molecule has 0 heterocycles. The molecule has 0 unspecified atom stereocenters. The number of carbonyl (C=O) groups is 1. The van der Waals surface area contributed by atoms with Crippen LogP contribution < -0.4 is 64.2 Å². The summed E-state index contributed by atoms with van der Waals surface area (Å²) in [5.41, 5.74) is 0. The molecule has 0 bridgehead atoms. The van der Waals surface area contributed by atoms with Crippen LogP contribution in [0.15, 0.2) is 0 Å². The van der Waals surface area contributed by atoms with Crippen LogP contribution in [0.3, 0.4) is 0 Å². The van der Waals surface area contributed by atoms with Crippen molar-refractivity contribution in [3.8, 4) is 5.40 Å². The zero-order valence-electron chi connectivity index (χ0n) is 5.67. The number of aliphatic carboxylic acids is 1. The standard InChI is InChI=1S/C2H4O2.CHNS.2Na/c1-2(3)4;2-1-3;;/h1H3,(H,3,4);3H;;/q;;2*+1/p-2. The Morgan fingerprint density at radius 1 is 1.67 bits per heavy atom. The summed E-state index contributed by atoms with van der Waals surface area (Å²) in [6.07, 6.45) is 0. The number of hydrogen-bond acceptors (Lipinski definition) is 4. The van der Waals surface area contributed by atoms with E-state index in [1.807, 2.05) is 0 Å². The maximum atomic E-state index is 8.89. The van der Waals surface area contributed by atoms with Gasteiger partial charge in [-0.05, 0) is 6.92 Å². The first kappa shape index (κ1) is 22.5. The van der Waals surface area contributed by atoms with Crippen LogP contribution in [0.4, 0.5) is 0 Å². The fourth-order valence-electron chi connectivity index (χ4n) is 0. The van der Waals surface area contributed by atoms with Crippen LogP contribution in [0.1, 0.15) is 6.92 Å². The zero-order chi connectivity index (χ0) is 6.28. The number of carboxylic acids is 1. The summed E-state index contributed by atoms with van der Waals surface area (Å²) in [5, 5.41) is 17.4. The van der Waals surface area contributed by atoms with E-state index in [2.05, 4.69) is 12.6 Å². The smallest absolute Gasteiger partial charge is 0.696 e. The van der Waals surface area contributed by atoms with Crippen LogP contribution >= 0.6 is 0 Å². The Morgan fingerprint density at radius 3 is 1.67 bits per heavy atom. The Labute approximate surface area is 104 Å². The number of carboxylic acid groups (broad SMARTS) is 1. The van der Waals surface area contributed by atoms with Crippen LogP contribution in [-0.2, 0) is 17.4 Å². The second kappa shape index (κ2) is 22.9. The van der Waals surface area contributed by atoms with Gasteiger partial charge in [-0.2, -0.15) is 0 Å². The Balaban J connectivity index is -0.0000000233.